The Kier molecular flexibility index (Phi) is 6.74. The number of nitrogens with zero attached hydrogens (tertiary/aromatic N) is 1. The Bertz CT molecular complexity index is 1150. The molecular weight excluding hydrogens is 429 g/mol. The monoisotopic (exact) mass is 455 g/mol. The number of benzene rings is 2. The Morgan fingerprint density at radius 2 is 1.62 bits per heavy atom. The van der Waals surface area contributed by atoms with Gasteiger partial charge in [0.1, 0.15) is 17.3 Å². The van der Waals surface area contributed by atoms with Crippen molar-refractivity contribution in [2.75, 3.05) is 0 Å². The van der Waals surface area contributed by atoms with Crippen LogP contribution in [-0.2, 0) is 22.1 Å². The highest BCUT2D eigenvalue weighted by Gasteiger charge is 2.29. The van der Waals surface area contributed by atoms with Crippen molar-refractivity contribution in [2.24, 2.45) is 0 Å². The van der Waals surface area contributed by atoms with Crippen LogP contribution in [-0.4, -0.2) is 25.3 Å². The molecular formula is C25H26FNO4S. The van der Waals surface area contributed by atoms with Gasteiger partial charge in [-0.15, -0.1) is 0 Å². The molecule has 0 spiro atoms. The molecule has 1 fully saturated rings. The topological polar surface area (TPSA) is 67.6 Å². The molecule has 2 aromatic carbocycles. The van der Waals surface area contributed by atoms with E-state index in [1.807, 2.05) is 0 Å². The van der Waals surface area contributed by atoms with Crippen molar-refractivity contribution >= 4 is 15.7 Å². The quantitative estimate of drug-likeness (QED) is 0.480. The molecule has 0 saturated heterocycles. The molecule has 1 amide bonds. The van der Waals surface area contributed by atoms with Gasteiger partial charge in [-0.05, 0) is 54.8 Å². The molecule has 0 atom stereocenters. The first-order valence-corrected chi connectivity index (χ1v) is 12.5. The lowest BCUT2D eigenvalue weighted by Gasteiger charge is -2.34. The Labute approximate surface area is 187 Å². The number of furan rings is 1. The molecule has 32 heavy (non-hydrogen) atoms. The van der Waals surface area contributed by atoms with E-state index in [1.54, 1.807) is 47.4 Å². The van der Waals surface area contributed by atoms with Crippen LogP contribution in [0.2, 0.25) is 0 Å². The summed E-state index contributed by atoms with van der Waals surface area (Å²) in [6.45, 7) is 0.349. The molecule has 4 rings (SSSR count). The van der Waals surface area contributed by atoms with Gasteiger partial charge in [-0.25, -0.2) is 12.8 Å². The van der Waals surface area contributed by atoms with E-state index in [9.17, 15) is 17.6 Å². The van der Waals surface area contributed by atoms with Crippen LogP contribution >= 0.6 is 0 Å². The molecule has 5 nitrogen and oxygen atoms in total. The zero-order valence-electron chi connectivity index (χ0n) is 17.7. The lowest BCUT2D eigenvalue weighted by Crippen LogP contribution is -2.40. The molecule has 0 bridgehead atoms. The number of rotatable bonds is 7. The maximum Gasteiger partial charge on any atom is 0.290 e. The first-order chi connectivity index (χ1) is 15.4. The summed E-state index contributed by atoms with van der Waals surface area (Å²) < 4.78 is 44.3. The third-order valence-corrected chi connectivity index (χ3v) is 7.50. The summed E-state index contributed by atoms with van der Waals surface area (Å²) in [5.41, 5.74) is 0.837. The highest BCUT2D eigenvalue weighted by atomic mass is 32.2. The summed E-state index contributed by atoms with van der Waals surface area (Å²) in [7, 11) is -3.57. The maximum atomic E-state index is 13.4. The third kappa shape index (κ3) is 5.27. The van der Waals surface area contributed by atoms with Crippen LogP contribution in [0.15, 0.2) is 76.0 Å². The van der Waals surface area contributed by atoms with Gasteiger partial charge in [0.05, 0.1) is 4.90 Å². The van der Waals surface area contributed by atoms with Crippen LogP contribution in [0.1, 0.15) is 54.0 Å². The van der Waals surface area contributed by atoms with Crippen LogP contribution in [0.5, 0.6) is 0 Å². The van der Waals surface area contributed by atoms with E-state index >= 15 is 0 Å². The number of carbonyl (C=O) groups excluding carboxylic acids is 1. The summed E-state index contributed by atoms with van der Waals surface area (Å²) in [4.78, 5) is 15.4. The van der Waals surface area contributed by atoms with Crippen LogP contribution in [0.3, 0.4) is 0 Å². The Morgan fingerprint density at radius 3 is 2.31 bits per heavy atom. The van der Waals surface area contributed by atoms with Crippen LogP contribution in [0.25, 0.3) is 0 Å². The van der Waals surface area contributed by atoms with E-state index in [0.717, 1.165) is 37.7 Å². The van der Waals surface area contributed by atoms with Crippen molar-refractivity contribution in [3.63, 3.8) is 0 Å². The second kappa shape index (κ2) is 9.69. The van der Waals surface area contributed by atoms with E-state index in [2.05, 4.69) is 0 Å². The second-order valence-corrected chi connectivity index (χ2v) is 10.2. The highest BCUT2D eigenvalue weighted by Crippen LogP contribution is 2.27. The van der Waals surface area contributed by atoms with Crippen LogP contribution in [0.4, 0.5) is 4.39 Å². The van der Waals surface area contributed by atoms with Gasteiger partial charge in [0, 0.05) is 12.6 Å². The zero-order valence-corrected chi connectivity index (χ0v) is 18.6. The molecule has 3 aromatic rings. The SMILES string of the molecule is O=C(c1ccc(CS(=O)(=O)c2ccccc2)o1)N(Cc1ccc(F)cc1)C1CCCCC1. The van der Waals surface area contributed by atoms with Crippen LogP contribution < -0.4 is 0 Å². The van der Waals surface area contributed by atoms with Gasteiger partial charge in [0.25, 0.3) is 5.91 Å². The number of halogens is 1. The summed E-state index contributed by atoms with van der Waals surface area (Å²) in [5.74, 6) is -0.561. The van der Waals surface area contributed by atoms with Crippen molar-refractivity contribution in [3.05, 3.63) is 89.6 Å². The summed E-state index contributed by atoms with van der Waals surface area (Å²) in [5, 5.41) is 0. The third-order valence-electron chi connectivity index (χ3n) is 5.85. The predicted octanol–water partition coefficient (Wildman–Crippen LogP) is 5.37. The first kappa shape index (κ1) is 22.3. The van der Waals surface area contributed by atoms with Gasteiger partial charge >= 0.3 is 0 Å². The standard InChI is InChI=1S/C25H26FNO4S/c26-20-13-11-19(12-14-20)17-27(21-7-3-1-4-8-21)25(28)24-16-15-22(31-24)18-32(29,30)23-9-5-2-6-10-23/h2,5-6,9-16,21H,1,3-4,7-8,17-18H2. The molecule has 1 aliphatic rings. The van der Waals surface area contributed by atoms with Gasteiger partial charge < -0.3 is 9.32 Å². The van der Waals surface area contributed by atoms with Crippen molar-refractivity contribution in [3.8, 4) is 0 Å². The molecule has 0 unspecified atom stereocenters. The van der Waals surface area contributed by atoms with E-state index < -0.39 is 9.84 Å². The molecule has 168 valence electrons. The average molecular weight is 456 g/mol. The lowest BCUT2D eigenvalue weighted by atomic mass is 9.93. The smallest absolute Gasteiger partial charge is 0.290 e. The van der Waals surface area contributed by atoms with Crippen molar-refractivity contribution in [2.45, 2.75) is 55.3 Å². The fourth-order valence-corrected chi connectivity index (χ4v) is 5.42. The number of hydrogen-bond donors (Lipinski definition) is 0. The minimum atomic E-state index is -3.57. The van der Waals surface area contributed by atoms with Crippen LogP contribution in [0, 0.1) is 5.82 Å². The van der Waals surface area contributed by atoms with Crippen molar-refractivity contribution in [1.82, 2.24) is 4.90 Å². The molecule has 1 heterocycles. The highest BCUT2D eigenvalue weighted by molar-refractivity contribution is 7.90. The molecule has 1 saturated carbocycles. The summed E-state index contributed by atoms with van der Waals surface area (Å²) in [6.07, 6.45) is 5.07. The Morgan fingerprint density at radius 1 is 0.938 bits per heavy atom. The van der Waals surface area contributed by atoms with Gasteiger partial charge in [-0.3, -0.25) is 4.79 Å². The lowest BCUT2D eigenvalue weighted by molar-refractivity contribution is 0.0580. The second-order valence-electron chi connectivity index (χ2n) is 8.19. The summed E-state index contributed by atoms with van der Waals surface area (Å²) >= 11 is 0. The maximum absolute atomic E-state index is 13.4. The van der Waals surface area contributed by atoms with Crippen molar-refractivity contribution < 1.29 is 22.0 Å². The summed E-state index contributed by atoms with van der Waals surface area (Å²) in [6, 6.07) is 17.5. The van der Waals surface area contributed by atoms with Gasteiger partial charge in [-0.1, -0.05) is 49.6 Å². The first-order valence-electron chi connectivity index (χ1n) is 10.8. The largest absolute Gasteiger partial charge is 0.455 e. The fourth-order valence-electron chi connectivity index (χ4n) is 4.16. The number of carbonyl (C=O) groups is 1. The predicted molar refractivity (Wildman–Crippen MR) is 119 cm³/mol. The normalized spacial score (nSPS) is 14.9. The van der Waals surface area contributed by atoms with Crippen molar-refractivity contribution in [1.29, 1.82) is 0 Å². The number of hydrogen-bond acceptors (Lipinski definition) is 4. The van der Waals surface area contributed by atoms with Gasteiger partial charge in [0.2, 0.25) is 0 Å². The molecule has 0 N–H and O–H groups in total. The number of amides is 1. The van der Waals surface area contributed by atoms with Gasteiger partial charge in [0.15, 0.2) is 15.6 Å². The van der Waals surface area contributed by atoms with E-state index in [1.165, 1.54) is 24.3 Å². The molecule has 7 heteroatoms. The number of sulfone groups is 1. The molecule has 0 radical (unpaired) electrons. The minimum absolute atomic E-state index is 0.0721. The van der Waals surface area contributed by atoms with E-state index in [-0.39, 0.29) is 39.9 Å². The van der Waals surface area contributed by atoms with Gasteiger partial charge in [-0.2, -0.15) is 0 Å². The molecule has 1 aromatic heterocycles. The zero-order chi connectivity index (χ0) is 22.6. The fraction of sp³-hybridized carbons (Fsp3) is 0.320. The molecule has 0 aliphatic heterocycles. The minimum Gasteiger partial charge on any atom is -0.455 e. The average Bonchev–Trinajstić information content (AvgIpc) is 3.27. The van der Waals surface area contributed by atoms with E-state index in [0.29, 0.717) is 6.54 Å². The van der Waals surface area contributed by atoms with E-state index in [4.69, 9.17) is 4.42 Å². The molecule has 1 aliphatic carbocycles. The Balaban J connectivity index is 1.54. The Hall–Kier alpha value is -2.93.